The van der Waals surface area contributed by atoms with E-state index in [1.165, 1.54) is 64.2 Å². The molecule has 0 aromatic heterocycles. The first kappa shape index (κ1) is 15.7. The Bertz CT molecular complexity index is 538. The van der Waals surface area contributed by atoms with Crippen LogP contribution in [0, 0.1) is 17.8 Å². The molecule has 5 rings (SSSR count). The molecule has 1 aromatic rings. The third-order valence-electron chi connectivity index (χ3n) is 7.37. The fourth-order valence-electron chi connectivity index (χ4n) is 6.77. The number of rotatable bonds is 6. The molecule has 0 spiro atoms. The smallest absolute Gasteiger partial charge is 0.0196 e. The average Bonchev–Trinajstić information content (AvgIpc) is 2.53. The van der Waals surface area contributed by atoms with Crippen LogP contribution in [0.3, 0.4) is 0 Å². The second-order valence-corrected chi connectivity index (χ2v) is 8.99. The van der Waals surface area contributed by atoms with E-state index in [0.717, 1.165) is 17.8 Å². The van der Waals surface area contributed by atoms with E-state index in [9.17, 15) is 0 Å². The Morgan fingerprint density at radius 1 is 1.04 bits per heavy atom. The van der Waals surface area contributed by atoms with Crippen LogP contribution in [0.4, 0.5) is 0 Å². The van der Waals surface area contributed by atoms with Crippen LogP contribution < -0.4 is 5.73 Å². The van der Waals surface area contributed by atoms with Gasteiger partial charge in [0.15, 0.2) is 0 Å². The van der Waals surface area contributed by atoms with E-state index < -0.39 is 0 Å². The Kier molecular flexibility index (Phi) is 4.04. The zero-order valence-electron chi connectivity index (χ0n) is 14.8. The van der Waals surface area contributed by atoms with Gasteiger partial charge in [-0.1, -0.05) is 62.9 Å². The van der Waals surface area contributed by atoms with Crippen molar-refractivity contribution in [2.75, 3.05) is 0 Å². The minimum atomic E-state index is 0.131. The van der Waals surface area contributed by atoms with Crippen LogP contribution in [0.2, 0.25) is 0 Å². The van der Waals surface area contributed by atoms with E-state index >= 15 is 0 Å². The molecule has 5 atom stereocenters. The van der Waals surface area contributed by atoms with E-state index in [4.69, 9.17) is 5.73 Å². The van der Waals surface area contributed by atoms with E-state index in [-0.39, 0.29) is 5.54 Å². The van der Waals surface area contributed by atoms with Crippen LogP contribution in [0.1, 0.15) is 76.7 Å². The summed E-state index contributed by atoms with van der Waals surface area (Å²) in [4.78, 5) is 0. The summed E-state index contributed by atoms with van der Waals surface area (Å²) < 4.78 is 0. The third kappa shape index (κ3) is 2.65. The largest absolute Gasteiger partial charge is 0.325 e. The summed E-state index contributed by atoms with van der Waals surface area (Å²) in [6.45, 7) is 2.30. The number of nitrogens with two attached hydrogens (primary N) is 1. The lowest BCUT2D eigenvalue weighted by Crippen LogP contribution is -2.66. The fraction of sp³-hybridized carbons (Fsp3) is 0.727. The van der Waals surface area contributed by atoms with Gasteiger partial charge in [-0.3, -0.25) is 0 Å². The Morgan fingerprint density at radius 3 is 2.61 bits per heavy atom. The minimum Gasteiger partial charge on any atom is -0.325 e. The topological polar surface area (TPSA) is 26.0 Å². The first-order valence-electron chi connectivity index (χ1n) is 10.00. The van der Waals surface area contributed by atoms with Gasteiger partial charge in [-0.25, -0.2) is 0 Å². The summed E-state index contributed by atoms with van der Waals surface area (Å²) in [7, 11) is 0. The minimum absolute atomic E-state index is 0.131. The molecule has 4 bridgehead atoms. The molecule has 23 heavy (non-hydrogen) atoms. The van der Waals surface area contributed by atoms with Gasteiger partial charge < -0.3 is 5.73 Å². The van der Waals surface area contributed by atoms with Gasteiger partial charge in [-0.15, -0.1) is 0 Å². The molecule has 4 aliphatic carbocycles. The molecule has 4 saturated carbocycles. The summed E-state index contributed by atoms with van der Waals surface area (Å²) in [6.07, 6.45) is 13.7. The molecule has 126 valence electrons. The molecule has 0 radical (unpaired) electrons. The summed E-state index contributed by atoms with van der Waals surface area (Å²) in [5.41, 5.74) is 9.22. The van der Waals surface area contributed by atoms with Gasteiger partial charge >= 0.3 is 0 Å². The number of hydrogen-bond acceptors (Lipinski definition) is 1. The zero-order valence-corrected chi connectivity index (χ0v) is 14.8. The molecule has 4 aliphatic rings. The van der Waals surface area contributed by atoms with Crippen LogP contribution in [-0.4, -0.2) is 5.54 Å². The highest BCUT2D eigenvalue weighted by atomic mass is 14.8. The Morgan fingerprint density at radius 2 is 1.87 bits per heavy atom. The number of benzene rings is 1. The summed E-state index contributed by atoms with van der Waals surface area (Å²) >= 11 is 0. The van der Waals surface area contributed by atoms with Crippen molar-refractivity contribution >= 4 is 0 Å². The van der Waals surface area contributed by atoms with Crippen LogP contribution in [0.25, 0.3) is 0 Å². The highest BCUT2D eigenvalue weighted by molar-refractivity contribution is 5.32. The highest BCUT2D eigenvalue weighted by Crippen LogP contribution is 2.64. The highest BCUT2D eigenvalue weighted by Gasteiger charge is 2.60. The van der Waals surface area contributed by atoms with Gasteiger partial charge in [0.1, 0.15) is 0 Å². The van der Waals surface area contributed by atoms with E-state index in [1.54, 1.807) is 5.56 Å². The maximum atomic E-state index is 7.10. The standard InChI is InChI=1S/C22H33N/c1-2-3-4-8-11-20-18-12-17-13-21(15-18,16-22(20,23)14-17)19-9-6-5-7-10-19/h5-7,9-10,17-18,20H,2-4,8,11-16,23H2,1H3. The lowest BCUT2D eigenvalue weighted by atomic mass is 9.42. The van der Waals surface area contributed by atoms with Crippen molar-refractivity contribution in [3.05, 3.63) is 35.9 Å². The third-order valence-corrected chi connectivity index (χ3v) is 7.37. The average molecular weight is 312 g/mol. The van der Waals surface area contributed by atoms with Gasteiger partial charge in [-0.05, 0) is 67.3 Å². The van der Waals surface area contributed by atoms with E-state index in [0.29, 0.717) is 5.41 Å². The Balaban J connectivity index is 1.55. The fourth-order valence-corrected chi connectivity index (χ4v) is 6.77. The van der Waals surface area contributed by atoms with Gasteiger partial charge in [-0.2, -0.15) is 0 Å². The maximum absolute atomic E-state index is 7.10. The van der Waals surface area contributed by atoms with Gasteiger partial charge in [0, 0.05) is 5.54 Å². The normalized spacial score (nSPS) is 41.4. The summed E-state index contributed by atoms with van der Waals surface area (Å²) in [5.74, 6) is 2.58. The van der Waals surface area contributed by atoms with E-state index in [2.05, 4.69) is 37.3 Å². The SMILES string of the molecule is CCCCCCC1C2CC3CC(c4ccccc4)(C2)CC1(N)C3. The van der Waals surface area contributed by atoms with E-state index in [1.807, 2.05) is 0 Å². The van der Waals surface area contributed by atoms with Crippen molar-refractivity contribution in [3.8, 4) is 0 Å². The lowest BCUT2D eigenvalue weighted by Gasteiger charge is -2.65. The number of hydrogen-bond donors (Lipinski definition) is 1. The monoisotopic (exact) mass is 311 g/mol. The molecule has 2 N–H and O–H groups in total. The number of unbranched alkanes of at least 4 members (excludes halogenated alkanes) is 3. The van der Waals surface area contributed by atoms with Crippen LogP contribution in [0.5, 0.6) is 0 Å². The molecule has 5 unspecified atom stereocenters. The van der Waals surface area contributed by atoms with Crippen LogP contribution in [-0.2, 0) is 5.41 Å². The molecule has 1 nitrogen and oxygen atoms in total. The van der Waals surface area contributed by atoms with Crippen LogP contribution >= 0.6 is 0 Å². The lowest BCUT2D eigenvalue weighted by molar-refractivity contribution is -0.0770. The van der Waals surface area contributed by atoms with Crippen molar-refractivity contribution in [3.63, 3.8) is 0 Å². The molecule has 0 saturated heterocycles. The molecular weight excluding hydrogens is 278 g/mol. The Hall–Kier alpha value is -0.820. The van der Waals surface area contributed by atoms with Crippen molar-refractivity contribution in [2.24, 2.45) is 23.5 Å². The predicted octanol–water partition coefficient (Wildman–Crippen LogP) is 5.43. The van der Waals surface area contributed by atoms with Crippen LogP contribution in [0.15, 0.2) is 30.3 Å². The summed E-state index contributed by atoms with van der Waals surface area (Å²) in [6, 6.07) is 11.3. The molecule has 0 heterocycles. The van der Waals surface area contributed by atoms with Gasteiger partial charge in [0.2, 0.25) is 0 Å². The summed E-state index contributed by atoms with van der Waals surface area (Å²) in [5, 5.41) is 0. The molecule has 0 aliphatic heterocycles. The molecular formula is C22H33N. The maximum Gasteiger partial charge on any atom is 0.0196 e. The van der Waals surface area contributed by atoms with Crippen molar-refractivity contribution < 1.29 is 0 Å². The van der Waals surface area contributed by atoms with Crippen molar-refractivity contribution in [1.82, 2.24) is 0 Å². The first-order valence-corrected chi connectivity index (χ1v) is 10.00. The quantitative estimate of drug-likeness (QED) is 0.696. The van der Waals surface area contributed by atoms with Crippen molar-refractivity contribution in [2.45, 2.75) is 82.1 Å². The zero-order chi connectivity index (χ0) is 15.9. The molecule has 1 heteroatoms. The van der Waals surface area contributed by atoms with Gasteiger partial charge in [0.05, 0.1) is 0 Å². The molecule has 1 aromatic carbocycles. The van der Waals surface area contributed by atoms with Gasteiger partial charge in [0.25, 0.3) is 0 Å². The second-order valence-electron chi connectivity index (χ2n) is 8.99. The predicted molar refractivity (Wildman–Crippen MR) is 97.4 cm³/mol. The molecule has 4 fully saturated rings. The second kappa shape index (κ2) is 5.92. The molecule has 0 amide bonds. The Labute approximate surface area is 142 Å². The first-order chi connectivity index (χ1) is 11.2. The van der Waals surface area contributed by atoms with Crippen molar-refractivity contribution in [1.29, 1.82) is 0 Å².